The van der Waals surface area contributed by atoms with Gasteiger partial charge in [-0.05, 0) is 36.6 Å². The highest BCUT2D eigenvalue weighted by molar-refractivity contribution is 7.13. The molecular weight excluding hydrogens is 296 g/mol. The largest absolute Gasteiger partial charge is 0.481 e. The third-order valence-electron chi connectivity index (χ3n) is 2.64. The van der Waals surface area contributed by atoms with Gasteiger partial charge in [0.2, 0.25) is 5.82 Å². The molecule has 102 valence electrons. The van der Waals surface area contributed by atoms with Crippen molar-refractivity contribution in [3.8, 4) is 16.5 Å². The van der Waals surface area contributed by atoms with E-state index in [4.69, 9.17) is 20.9 Å². The molecule has 4 nitrogen and oxygen atoms in total. The lowest BCUT2D eigenvalue weighted by molar-refractivity contribution is 0.176. The van der Waals surface area contributed by atoms with E-state index in [0.717, 1.165) is 4.88 Å². The number of rotatable bonds is 4. The van der Waals surface area contributed by atoms with E-state index in [1.807, 2.05) is 36.6 Å². The summed E-state index contributed by atoms with van der Waals surface area (Å²) in [5, 5.41) is 6.55. The standard InChI is InChI=1S/C14H11ClN2O2S/c1-9(18-11-5-2-4-10(15)8-11)14-16-13(17-19-14)12-6-3-7-20-12/h2-9H,1H3/t9-/m0/s1. The molecule has 3 aromatic rings. The summed E-state index contributed by atoms with van der Waals surface area (Å²) < 4.78 is 11.0. The molecular formula is C14H11ClN2O2S. The molecule has 0 saturated heterocycles. The van der Waals surface area contributed by atoms with Gasteiger partial charge in [0.05, 0.1) is 4.88 Å². The summed E-state index contributed by atoms with van der Waals surface area (Å²) in [5.74, 6) is 1.69. The number of hydrogen-bond acceptors (Lipinski definition) is 5. The maximum atomic E-state index is 5.92. The summed E-state index contributed by atoms with van der Waals surface area (Å²) in [6, 6.07) is 11.1. The van der Waals surface area contributed by atoms with Gasteiger partial charge in [0, 0.05) is 5.02 Å². The SMILES string of the molecule is C[C@H](Oc1cccc(Cl)c1)c1nc(-c2cccs2)no1. The van der Waals surface area contributed by atoms with Crippen LogP contribution in [0, 0.1) is 0 Å². The molecule has 0 N–H and O–H groups in total. The Hall–Kier alpha value is -1.85. The predicted octanol–water partition coefficient (Wildman–Crippen LogP) is 4.59. The highest BCUT2D eigenvalue weighted by Gasteiger charge is 2.17. The minimum atomic E-state index is -0.338. The van der Waals surface area contributed by atoms with E-state index in [9.17, 15) is 0 Å². The Morgan fingerprint density at radius 2 is 2.20 bits per heavy atom. The van der Waals surface area contributed by atoms with Crippen molar-refractivity contribution in [3.63, 3.8) is 0 Å². The molecule has 0 amide bonds. The normalized spacial score (nSPS) is 12.3. The zero-order chi connectivity index (χ0) is 13.9. The number of aromatic nitrogens is 2. The number of thiophene rings is 1. The van der Waals surface area contributed by atoms with E-state index in [1.54, 1.807) is 23.5 Å². The van der Waals surface area contributed by atoms with Crippen molar-refractivity contribution < 1.29 is 9.26 Å². The van der Waals surface area contributed by atoms with Gasteiger partial charge in [-0.2, -0.15) is 4.98 Å². The maximum absolute atomic E-state index is 5.92. The summed E-state index contributed by atoms with van der Waals surface area (Å²) >= 11 is 7.48. The van der Waals surface area contributed by atoms with Crippen molar-refractivity contribution in [2.24, 2.45) is 0 Å². The third kappa shape index (κ3) is 2.84. The van der Waals surface area contributed by atoms with E-state index in [-0.39, 0.29) is 6.10 Å². The molecule has 0 fully saturated rings. The number of ether oxygens (including phenoxy) is 1. The van der Waals surface area contributed by atoms with Crippen molar-refractivity contribution >= 4 is 22.9 Å². The quantitative estimate of drug-likeness (QED) is 0.707. The molecule has 2 heterocycles. The second-order valence-corrected chi connectivity index (χ2v) is 5.54. The molecule has 0 aliphatic rings. The highest BCUT2D eigenvalue weighted by Crippen LogP contribution is 2.26. The Balaban J connectivity index is 1.76. The van der Waals surface area contributed by atoms with Crippen LogP contribution in [0.3, 0.4) is 0 Å². The van der Waals surface area contributed by atoms with Crippen LogP contribution in [0.1, 0.15) is 18.9 Å². The minimum Gasteiger partial charge on any atom is -0.481 e. The Morgan fingerprint density at radius 3 is 2.95 bits per heavy atom. The average Bonchev–Trinajstić information content (AvgIpc) is 3.10. The summed E-state index contributed by atoms with van der Waals surface area (Å²) in [6.07, 6.45) is -0.338. The predicted molar refractivity (Wildman–Crippen MR) is 78.1 cm³/mol. The molecule has 1 atom stereocenters. The van der Waals surface area contributed by atoms with Gasteiger partial charge in [-0.25, -0.2) is 0 Å². The summed E-state index contributed by atoms with van der Waals surface area (Å²) in [4.78, 5) is 5.31. The first kappa shape index (κ1) is 13.1. The monoisotopic (exact) mass is 306 g/mol. The zero-order valence-electron chi connectivity index (χ0n) is 10.6. The van der Waals surface area contributed by atoms with Crippen LogP contribution >= 0.6 is 22.9 Å². The van der Waals surface area contributed by atoms with E-state index < -0.39 is 0 Å². The molecule has 3 rings (SSSR count). The minimum absolute atomic E-state index is 0.338. The number of nitrogens with zero attached hydrogens (tertiary/aromatic N) is 2. The average molecular weight is 307 g/mol. The van der Waals surface area contributed by atoms with Gasteiger partial charge in [0.25, 0.3) is 5.89 Å². The van der Waals surface area contributed by atoms with E-state index >= 15 is 0 Å². The number of benzene rings is 1. The van der Waals surface area contributed by atoms with E-state index in [1.165, 1.54) is 0 Å². The van der Waals surface area contributed by atoms with Crippen LogP contribution in [-0.2, 0) is 0 Å². The van der Waals surface area contributed by atoms with Crippen molar-refractivity contribution in [3.05, 3.63) is 52.7 Å². The summed E-state index contributed by atoms with van der Waals surface area (Å²) in [6.45, 7) is 1.85. The number of halogens is 1. The lowest BCUT2D eigenvalue weighted by Gasteiger charge is -2.10. The molecule has 0 aliphatic heterocycles. The smallest absolute Gasteiger partial charge is 0.267 e. The second-order valence-electron chi connectivity index (χ2n) is 4.15. The van der Waals surface area contributed by atoms with Crippen LogP contribution in [0.25, 0.3) is 10.7 Å². The Labute approximate surface area is 125 Å². The topological polar surface area (TPSA) is 48.2 Å². The van der Waals surface area contributed by atoms with E-state index in [0.29, 0.717) is 22.5 Å². The molecule has 1 aromatic carbocycles. The molecule has 0 saturated carbocycles. The molecule has 0 spiro atoms. The van der Waals surface area contributed by atoms with Crippen molar-refractivity contribution in [2.45, 2.75) is 13.0 Å². The molecule has 0 radical (unpaired) electrons. The Morgan fingerprint density at radius 1 is 1.30 bits per heavy atom. The maximum Gasteiger partial charge on any atom is 0.267 e. The molecule has 6 heteroatoms. The van der Waals surface area contributed by atoms with Gasteiger partial charge in [-0.3, -0.25) is 0 Å². The second kappa shape index (κ2) is 5.64. The van der Waals surface area contributed by atoms with Crippen LogP contribution in [0.4, 0.5) is 0 Å². The van der Waals surface area contributed by atoms with Crippen LogP contribution in [-0.4, -0.2) is 10.1 Å². The fourth-order valence-corrected chi connectivity index (χ4v) is 2.53. The molecule has 0 bridgehead atoms. The van der Waals surface area contributed by atoms with Crippen molar-refractivity contribution in [1.82, 2.24) is 10.1 Å². The third-order valence-corrected chi connectivity index (χ3v) is 3.74. The van der Waals surface area contributed by atoms with Crippen LogP contribution in [0.15, 0.2) is 46.3 Å². The molecule has 20 heavy (non-hydrogen) atoms. The van der Waals surface area contributed by atoms with Gasteiger partial charge < -0.3 is 9.26 Å². The number of hydrogen-bond donors (Lipinski definition) is 0. The van der Waals surface area contributed by atoms with Crippen molar-refractivity contribution in [2.75, 3.05) is 0 Å². The zero-order valence-corrected chi connectivity index (χ0v) is 12.2. The van der Waals surface area contributed by atoms with Gasteiger partial charge in [0.15, 0.2) is 6.10 Å². The van der Waals surface area contributed by atoms with Crippen LogP contribution < -0.4 is 4.74 Å². The fourth-order valence-electron chi connectivity index (χ4n) is 1.70. The van der Waals surface area contributed by atoms with Gasteiger partial charge in [-0.1, -0.05) is 28.9 Å². The lowest BCUT2D eigenvalue weighted by atomic mass is 10.3. The Bertz CT molecular complexity index is 697. The highest BCUT2D eigenvalue weighted by atomic mass is 35.5. The molecule has 0 aliphatic carbocycles. The van der Waals surface area contributed by atoms with Crippen molar-refractivity contribution in [1.29, 1.82) is 0 Å². The van der Waals surface area contributed by atoms with Crippen LogP contribution in [0.2, 0.25) is 5.02 Å². The summed E-state index contributed by atoms with van der Waals surface area (Å²) in [5.41, 5.74) is 0. The lowest BCUT2D eigenvalue weighted by Crippen LogP contribution is -2.03. The first-order valence-corrected chi connectivity index (χ1v) is 7.28. The molecule has 2 aromatic heterocycles. The van der Waals surface area contributed by atoms with Crippen LogP contribution in [0.5, 0.6) is 5.75 Å². The first-order chi connectivity index (χ1) is 9.72. The summed E-state index contributed by atoms with van der Waals surface area (Å²) in [7, 11) is 0. The van der Waals surface area contributed by atoms with Gasteiger partial charge in [0.1, 0.15) is 5.75 Å². The van der Waals surface area contributed by atoms with Gasteiger partial charge >= 0.3 is 0 Å². The fraction of sp³-hybridized carbons (Fsp3) is 0.143. The first-order valence-electron chi connectivity index (χ1n) is 6.02. The Kier molecular flexibility index (Phi) is 3.71. The van der Waals surface area contributed by atoms with Gasteiger partial charge in [-0.15, -0.1) is 11.3 Å². The van der Waals surface area contributed by atoms with E-state index in [2.05, 4.69) is 10.1 Å². The molecule has 0 unspecified atom stereocenters.